The van der Waals surface area contributed by atoms with Gasteiger partial charge in [0.25, 0.3) is 0 Å². The molecule has 1 aromatic rings. The zero-order valence-corrected chi connectivity index (χ0v) is 11.8. The Labute approximate surface area is 114 Å². The minimum atomic E-state index is -0.280. The van der Waals surface area contributed by atoms with Crippen LogP contribution in [-0.2, 0) is 0 Å². The van der Waals surface area contributed by atoms with Gasteiger partial charge in [-0.1, -0.05) is 13.0 Å². The van der Waals surface area contributed by atoms with Gasteiger partial charge in [-0.05, 0) is 38.4 Å². The number of anilines is 1. The number of rotatable bonds is 6. The molecule has 0 fully saturated rings. The van der Waals surface area contributed by atoms with Crippen LogP contribution in [0, 0.1) is 0 Å². The molecule has 1 unspecified atom stereocenters. The Kier molecular flexibility index (Phi) is 5.63. The molecule has 0 saturated carbocycles. The van der Waals surface area contributed by atoms with Crippen molar-refractivity contribution in [3.63, 3.8) is 0 Å². The summed E-state index contributed by atoms with van der Waals surface area (Å²) in [6, 6.07) is 7.01. The monoisotopic (exact) mass is 265 g/mol. The van der Waals surface area contributed by atoms with Crippen LogP contribution in [0.1, 0.15) is 26.7 Å². The van der Waals surface area contributed by atoms with E-state index >= 15 is 0 Å². The average molecular weight is 265 g/mol. The first-order valence-corrected chi connectivity index (χ1v) is 6.46. The Hall–Kier alpha value is -1.75. The number of hydrogen-bond acceptors (Lipinski definition) is 3. The minimum Gasteiger partial charge on any atom is -0.497 e. The van der Waals surface area contributed by atoms with Gasteiger partial charge in [0.15, 0.2) is 0 Å². The number of nitrogens with one attached hydrogen (secondary N) is 2. The van der Waals surface area contributed by atoms with Gasteiger partial charge in [-0.2, -0.15) is 0 Å². The molecule has 0 heterocycles. The molecule has 1 rings (SSSR count). The van der Waals surface area contributed by atoms with Gasteiger partial charge in [0.2, 0.25) is 0 Å². The highest BCUT2D eigenvalue weighted by Crippen LogP contribution is 2.18. The number of benzene rings is 1. The fraction of sp³-hybridized carbons (Fsp3) is 0.500. The van der Waals surface area contributed by atoms with Crippen LogP contribution in [0.5, 0.6) is 5.75 Å². The molecule has 1 atom stereocenters. The highest BCUT2D eigenvalue weighted by atomic mass is 16.5. The van der Waals surface area contributed by atoms with Crippen molar-refractivity contribution in [2.75, 3.05) is 19.0 Å². The van der Waals surface area contributed by atoms with Crippen molar-refractivity contribution in [1.29, 1.82) is 0 Å². The number of methoxy groups -OCH3 is 1. The fourth-order valence-electron chi connectivity index (χ4n) is 1.78. The molecule has 0 saturated heterocycles. The molecule has 0 radical (unpaired) electrons. The molecule has 5 heteroatoms. The van der Waals surface area contributed by atoms with E-state index < -0.39 is 0 Å². The molecule has 0 aliphatic rings. The summed E-state index contributed by atoms with van der Waals surface area (Å²) in [4.78, 5) is 12.0. The molecular weight excluding hydrogens is 242 g/mol. The van der Waals surface area contributed by atoms with Crippen LogP contribution in [-0.4, -0.2) is 25.2 Å². The van der Waals surface area contributed by atoms with E-state index in [-0.39, 0.29) is 11.6 Å². The average Bonchev–Trinajstić information content (AvgIpc) is 2.39. The van der Waals surface area contributed by atoms with E-state index in [1.165, 1.54) is 0 Å². The number of hydrogen-bond donors (Lipinski definition) is 3. The zero-order valence-electron chi connectivity index (χ0n) is 11.8. The third-order valence-electron chi connectivity index (χ3n) is 3.22. The van der Waals surface area contributed by atoms with E-state index in [2.05, 4.69) is 10.6 Å². The van der Waals surface area contributed by atoms with Crippen LogP contribution >= 0.6 is 0 Å². The first-order chi connectivity index (χ1) is 9.03. The number of ether oxygens (including phenoxy) is 1. The quantitative estimate of drug-likeness (QED) is 0.739. The molecule has 0 aliphatic carbocycles. The standard InChI is InChI=1S/C14H23N3O2/c1-4-14(2,8-9-15)17-13(18)16-11-6-5-7-12(10-11)19-3/h5-7,10H,4,8-9,15H2,1-3H3,(H2,16,17,18). The van der Waals surface area contributed by atoms with Gasteiger partial charge in [-0.25, -0.2) is 4.79 Å². The maximum atomic E-state index is 12.0. The molecule has 4 N–H and O–H groups in total. The Bertz CT molecular complexity index is 423. The molecule has 0 aromatic heterocycles. The summed E-state index contributed by atoms with van der Waals surface area (Å²) >= 11 is 0. The Balaban J connectivity index is 2.63. The maximum absolute atomic E-state index is 12.0. The van der Waals surface area contributed by atoms with Gasteiger partial charge in [0.1, 0.15) is 5.75 Å². The zero-order chi connectivity index (χ0) is 14.3. The second-order valence-electron chi connectivity index (χ2n) is 4.76. The van der Waals surface area contributed by atoms with Crippen LogP contribution < -0.4 is 21.1 Å². The number of urea groups is 1. The normalized spacial score (nSPS) is 13.5. The van der Waals surface area contributed by atoms with Gasteiger partial charge >= 0.3 is 6.03 Å². The van der Waals surface area contributed by atoms with Crippen LogP contribution in [0.2, 0.25) is 0 Å². The number of nitrogens with two attached hydrogens (primary N) is 1. The number of carbonyl (C=O) groups is 1. The molecule has 0 spiro atoms. The lowest BCUT2D eigenvalue weighted by molar-refractivity contribution is 0.235. The van der Waals surface area contributed by atoms with E-state index in [0.717, 1.165) is 12.8 Å². The van der Waals surface area contributed by atoms with Crippen molar-refractivity contribution in [2.24, 2.45) is 5.73 Å². The second-order valence-corrected chi connectivity index (χ2v) is 4.76. The number of amides is 2. The fourth-order valence-corrected chi connectivity index (χ4v) is 1.78. The van der Waals surface area contributed by atoms with Crippen molar-refractivity contribution >= 4 is 11.7 Å². The third kappa shape index (κ3) is 4.79. The van der Waals surface area contributed by atoms with Gasteiger partial charge in [-0.3, -0.25) is 0 Å². The van der Waals surface area contributed by atoms with Gasteiger partial charge in [0.05, 0.1) is 7.11 Å². The topological polar surface area (TPSA) is 76.4 Å². The summed E-state index contributed by atoms with van der Waals surface area (Å²) < 4.78 is 5.11. The molecule has 106 valence electrons. The molecule has 0 aliphatic heterocycles. The SMILES string of the molecule is CCC(C)(CCN)NC(=O)Nc1cccc(OC)c1. The molecule has 19 heavy (non-hydrogen) atoms. The van der Waals surface area contributed by atoms with E-state index in [4.69, 9.17) is 10.5 Å². The highest BCUT2D eigenvalue weighted by Gasteiger charge is 2.23. The largest absolute Gasteiger partial charge is 0.497 e. The van der Waals surface area contributed by atoms with Crippen LogP contribution in [0.3, 0.4) is 0 Å². The molecule has 5 nitrogen and oxygen atoms in total. The Morgan fingerprint density at radius 3 is 2.79 bits per heavy atom. The smallest absolute Gasteiger partial charge is 0.319 e. The van der Waals surface area contributed by atoms with Crippen molar-refractivity contribution < 1.29 is 9.53 Å². The first kappa shape index (κ1) is 15.3. The summed E-state index contributed by atoms with van der Waals surface area (Å²) in [5.41, 5.74) is 5.99. The van der Waals surface area contributed by atoms with Crippen molar-refractivity contribution in [1.82, 2.24) is 5.32 Å². The summed E-state index contributed by atoms with van der Waals surface area (Å²) in [5, 5.41) is 5.75. The lowest BCUT2D eigenvalue weighted by Gasteiger charge is -2.29. The van der Waals surface area contributed by atoms with Crippen molar-refractivity contribution in [3.05, 3.63) is 24.3 Å². The van der Waals surface area contributed by atoms with Crippen molar-refractivity contribution in [2.45, 2.75) is 32.2 Å². The summed E-state index contributed by atoms with van der Waals surface area (Å²) in [7, 11) is 1.59. The molecular formula is C14H23N3O2. The molecule has 1 aromatic carbocycles. The third-order valence-corrected chi connectivity index (χ3v) is 3.22. The lowest BCUT2D eigenvalue weighted by Crippen LogP contribution is -2.48. The lowest BCUT2D eigenvalue weighted by atomic mass is 9.95. The van der Waals surface area contributed by atoms with Gasteiger partial charge < -0.3 is 21.1 Å². The van der Waals surface area contributed by atoms with Crippen LogP contribution in [0.25, 0.3) is 0 Å². The molecule has 2 amide bonds. The van der Waals surface area contributed by atoms with E-state index in [0.29, 0.717) is 18.0 Å². The van der Waals surface area contributed by atoms with E-state index in [9.17, 15) is 4.79 Å². The summed E-state index contributed by atoms with van der Waals surface area (Å²) in [6.07, 6.45) is 1.57. The first-order valence-electron chi connectivity index (χ1n) is 6.46. The predicted molar refractivity (Wildman–Crippen MR) is 77.5 cm³/mol. The Morgan fingerprint density at radius 2 is 2.21 bits per heavy atom. The maximum Gasteiger partial charge on any atom is 0.319 e. The summed E-state index contributed by atoms with van der Waals surface area (Å²) in [5.74, 6) is 0.706. The van der Waals surface area contributed by atoms with Crippen molar-refractivity contribution in [3.8, 4) is 5.75 Å². The number of carbonyl (C=O) groups excluding carboxylic acids is 1. The summed E-state index contributed by atoms with van der Waals surface area (Å²) in [6.45, 7) is 4.57. The van der Waals surface area contributed by atoms with Crippen LogP contribution in [0.15, 0.2) is 24.3 Å². The van der Waals surface area contributed by atoms with E-state index in [1.807, 2.05) is 32.0 Å². The minimum absolute atomic E-state index is 0.231. The predicted octanol–water partition coefficient (Wildman–Crippen LogP) is 2.33. The Morgan fingerprint density at radius 1 is 1.47 bits per heavy atom. The van der Waals surface area contributed by atoms with Crippen LogP contribution in [0.4, 0.5) is 10.5 Å². The highest BCUT2D eigenvalue weighted by molar-refractivity contribution is 5.89. The second kappa shape index (κ2) is 6.99. The van der Waals surface area contributed by atoms with Gasteiger partial charge in [0, 0.05) is 17.3 Å². The molecule has 0 bridgehead atoms. The van der Waals surface area contributed by atoms with E-state index in [1.54, 1.807) is 13.2 Å². The van der Waals surface area contributed by atoms with Gasteiger partial charge in [-0.15, -0.1) is 0 Å².